The molecule has 0 radical (unpaired) electrons. The van der Waals surface area contributed by atoms with Crippen LogP contribution < -0.4 is 0 Å². The maximum absolute atomic E-state index is 14.0. The van der Waals surface area contributed by atoms with Crippen molar-refractivity contribution in [2.75, 3.05) is 6.54 Å². The van der Waals surface area contributed by atoms with Crippen LogP contribution in [0.1, 0.15) is 39.7 Å². The van der Waals surface area contributed by atoms with Crippen LogP contribution in [0.5, 0.6) is 0 Å². The van der Waals surface area contributed by atoms with Crippen LogP contribution in [0, 0.1) is 23.7 Å². The van der Waals surface area contributed by atoms with Crippen LogP contribution in [0.15, 0.2) is 24.3 Å². The number of rotatable bonds is 2. The Balaban J connectivity index is 1.97. The Morgan fingerprint density at radius 1 is 1.27 bits per heavy atom. The van der Waals surface area contributed by atoms with Gasteiger partial charge in [0.2, 0.25) is 0 Å². The van der Waals surface area contributed by atoms with Crippen molar-refractivity contribution in [1.82, 2.24) is 4.90 Å². The van der Waals surface area contributed by atoms with Gasteiger partial charge < -0.3 is 4.90 Å². The number of likely N-dealkylation sites (tertiary alicyclic amines) is 1. The molecule has 6 heteroatoms. The van der Waals surface area contributed by atoms with Crippen LogP contribution in [0.3, 0.4) is 0 Å². The van der Waals surface area contributed by atoms with E-state index in [-0.39, 0.29) is 11.5 Å². The van der Waals surface area contributed by atoms with Crippen LogP contribution in [0.25, 0.3) is 0 Å². The Morgan fingerprint density at radius 3 is 2.55 bits per heavy atom. The summed E-state index contributed by atoms with van der Waals surface area (Å²) in [5.74, 6) is -1.67. The topological polar surface area (TPSA) is 20.3 Å². The predicted octanol–water partition coefficient (Wildman–Crippen LogP) is 4.45. The van der Waals surface area contributed by atoms with E-state index in [4.69, 9.17) is 0 Å². The maximum atomic E-state index is 14.0. The molecule has 0 N–H and O–H groups in total. The molecule has 116 valence electrons. The van der Waals surface area contributed by atoms with Crippen molar-refractivity contribution >= 4 is 17.2 Å². The number of nitrogens with zero attached hydrogens (tertiary/aromatic N) is 1. The number of benzene rings is 1. The highest BCUT2D eigenvalue weighted by molar-refractivity contribution is 7.12. The summed E-state index contributed by atoms with van der Waals surface area (Å²) in [6, 6.07) is 4.34. The zero-order chi connectivity index (χ0) is 15.9. The molecule has 0 bridgehead atoms. The van der Waals surface area contributed by atoms with E-state index in [2.05, 4.69) is 0 Å². The molecule has 2 aromatic rings. The summed E-state index contributed by atoms with van der Waals surface area (Å²) in [6.45, 7) is 2.07. The Kier molecular flexibility index (Phi) is 3.95. The van der Waals surface area contributed by atoms with Gasteiger partial charge in [0, 0.05) is 12.1 Å². The van der Waals surface area contributed by atoms with E-state index in [1.54, 1.807) is 6.92 Å². The van der Waals surface area contributed by atoms with Crippen molar-refractivity contribution in [3.05, 3.63) is 57.0 Å². The standard InChI is InChI=1S/C16H14F3NOS/c1-9-8-13(19)22-15(9)16(21)20-7-3-6-12(20)14-10(17)4-2-5-11(14)18/h2,4-5,8,12H,3,6-7H2,1H3. The predicted molar refractivity (Wildman–Crippen MR) is 78.4 cm³/mol. The number of carbonyl (C=O) groups is 1. The van der Waals surface area contributed by atoms with Gasteiger partial charge in [-0.25, -0.2) is 8.78 Å². The Hall–Kier alpha value is -1.82. The highest BCUT2D eigenvalue weighted by Crippen LogP contribution is 2.37. The molecule has 0 saturated carbocycles. The molecule has 0 spiro atoms. The number of amides is 1. The first kappa shape index (κ1) is 15.1. The van der Waals surface area contributed by atoms with Gasteiger partial charge in [0.15, 0.2) is 5.13 Å². The summed E-state index contributed by atoms with van der Waals surface area (Å²) in [5.41, 5.74) is 0.468. The van der Waals surface area contributed by atoms with Gasteiger partial charge in [0.05, 0.1) is 10.9 Å². The van der Waals surface area contributed by atoms with Crippen LogP contribution in [0.2, 0.25) is 0 Å². The van der Waals surface area contributed by atoms with Gasteiger partial charge in [-0.2, -0.15) is 4.39 Å². The SMILES string of the molecule is Cc1cc(F)sc1C(=O)N1CCCC1c1c(F)cccc1F. The van der Waals surface area contributed by atoms with Crippen LogP contribution in [0.4, 0.5) is 13.2 Å². The molecule has 0 aliphatic carbocycles. The monoisotopic (exact) mass is 325 g/mol. The second kappa shape index (κ2) is 5.76. The molecule has 1 atom stereocenters. The van der Waals surface area contributed by atoms with Gasteiger partial charge in [-0.3, -0.25) is 4.79 Å². The molecule has 2 heterocycles. The molecule has 1 unspecified atom stereocenters. The fourth-order valence-corrected chi connectivity index (χ4v) is 3.78. The number of aryl methyl sites for hydroxylation is 1. The Bertz CT molecular complexity index is 708. The highest BCUT2D eigenvalue weighted by Gasteiger charge is 2.35. The first-order valence-electron chi connectivity index (χ1n) is 7.00. The summed E-state index contributed by atoms with van der Waals surface area (Å²) < 4.78 is 41.3. The van der Waals surface area contributed by atoms with E-state index in [1.807, 2.05) is 0 Å². The lowest BCUT2D eigenvalue weighted by atomic mass is 10.0. The van der Waals surface area contributed by atoms with Gasteiger partial charge >= 0.3 is 0 Å². The third kappa shape index (κ3) is 2.52. The van der Waals surface area contributed by atoms with Crippen molar-refractivity contribution in [2.24, 2.45) is 0 Å². The van der Waals surface area contributed by atoms with Gasteiger partial charge in [0.1, 0.15) is 11.6 Å². The van der Waals surface area contributed by atoms with E-state index in [0.717, 1.165) is 11.3 Å². The minimum absolute atomic E-state index is 0.0805. The molecule has 1 fully saturated rings. The van der Waals surface area contributed by atoms with E-state index in [9.17, 15) is 18.0 Å². The second-order valence-electron chi connectivity index (χ2n) is 5.35. The van der Waals surface area contributed by atoms with Crippen LogP contribution >= 0.6 is 11.3 Å². The quantitative estimate of drug-likeness (QED) is 0.799. The van der Waals surface area contributed by atoms with Crippen molar-refractivity contribution in [1.29, 1.82) is 0 Å². The zero-order valence-electron chi connectivity index (χ0n) is 11.9. The molecule has 1 aliphatic rings. The van der Waals surface area contributed by atoms with Gasteiger partial charge in [0.25, 0.3) is 5.91 Å². The minimum Gasteiger partial charge on any atom is -0.331 e. The number of thiophene rings is 1. The Labute approximate surface area is 130 Å². The Morgan fingerprint density at radius 2 is 1.95 bits per heavy atom. The van der Waals surface area contributed by atoms with E-state index in [0.29, 0.717) is 29.8 Å². The van der Waals surface area contributed by atoms with Gasteiger partial charge in [-0.15, -0.1) is 11.3 Å². The lowest BCUT2D eigenvalue weighted by Crippen LogP contribution is -2.31. The lowest BCUT2D eigenvalue weighted by Gasteiger charge is -2.25. The summed E-state index contributed by atoms with van der Waals surface area (Å²) >= 11 is 0.770. The molecule has 1 aliphatic heterocycles. The first-order valence-corrected chi connectivity index (χ1v) is 7.81. The molecular weight excluding hydrogens is 311 g/mol. The molecule has 1 aromatic heterocycles. The van der Waals surface area contributed by atoms with E-state index < -0.39 is 22.8 Å². The second-order valence-corrected chi connectivity index (χ2v) is 6.36. The first-order chi connectivity index (χ1) is 10.5. The summed E-state index contributed by atoms with van der Waals surface area (Å²) in [7, 11) is 0. The fourth-order valence-electron chi connectivity index (χ4n) is 2.92. The molecule has 1 aromatic carbocycles. The maximum Gasteiger partial charge on any atom is 0.264 e. The molecule has 1 amide bonds. The molecule has 1 saturated heterocycles. The molecule has 22 heavy (non-hydrogen) atoms. The third-order valence-corrected chi connectivity index (χ3v) is 4.94. The number of carbonyl (C=O) groups excluding carboxylic acids is 1. The van der Waals surface area contributed by atoms with Crippen molar-refractivity contribution in [2.45, 2.75) is 25.8 Å². The number of hydrogen-bond acceptors (Lipinski definition) is 2. The normalized spacial score (nSPS) is 18.0. The van der Waals surface area contributed by atoms with Gasteiger partial charge in [-0.05, 0) is 43.5 Å². The summed E-state index contributed by atoms with van der Waals surface area (Å²) in [4.78, 5) is 14.3. The van der Waals surface area contributed by atoms with Crippen LogP contribution in [-0.4, -0.2) is 17.4 Å². The van der Waals surface area contributed by atoms with Gasteiger partial charge in [-0.1, -0.05) is 6.07 Å². The smallest absolute Gasteiger partial charge is 0.264 e. The highest BCUT2D eigenvalue weighted by atomic mass is 32.1. The van der Waals surface area contributed by atoms with Crippen molar-refractivity contribution < 1.29 is 18.0 Å². The molecular formula is C16H14F3NOS. The van der Waals surface area contributed by atoms with Crippen molar-refractivity contribution in [3.63, 3.8) is 0 Å². The fraction of sp³-hybridized carbons (Fsp3) is 0.312. The number of hydrogen-bond donors (Lipinski definition) is 0. The average molecular weight is 325 g/mol. The van der Waals surface area contributed by atoms with Crippen molar-refractivity contribution in [3.8, 4) is 0 Å². The van der Waals surface area contributed by atoms with Crippen LogP contribution in [-0.2, 0) is 0 Å². The van der Waals surface area contributed by atoms with E-state index >= 15 is 0 Å². The summed E-state index contributed by atoms with van der Waals surface area (Å²) in [5, 5.41) is -0.436. The largest absolute Gasteiger partial charge is 0.331 e. The zero-order valence-corrected chi connectivity index (χ0v) is 12.7. The third-order valence-electron chi connectivity index (χ3n) is 3.93. The molecule has 2 nitrogen and oxygen atoms in total. The van der Waals surface area contributed by atoms with E-state index in [1.165, 1.54) is 29.2 Å². The number of halogens is 3. The summed E-state index contributed by atoms with van der Waals surface area (Å²) in [6.07, 6.45) is 1.16. The average Bonchev–Trinajstić information content (AvgIpc) is 3.05. The lowest BCUT2D eigenvalue weighted by molar-refractivity contribution is 0.0735. The minimum atomic E-state index is -0.654. The molecule has 3 rings (SSSR count).